The second-order valence-electron chi connectivity index (χ2n) is 16.5. The summed E-state index contributed by atoms with van der Waals surface area (Å²) < 4.78 is 0. The Hall–Kier alpha value is -3.90. The van der Waals surface area contributed by atoms with Crippen LogP contribution in [0.4, 0.5) is 0 Å². The Labute approximate surface area is 295 Å². The van der Waals surface area contributed by atoms with Gasteiger partial charge in [-0.25, -0.2) is 4.98 Å². The van der Waals surface area contributed by atoms with E-state index in [1.165, 1.54) is 18.6 Å². The maximum Gasteiger partial charge on any atom is 0.289 e. The second kappa shape index (κ2) is 15.1. The van der Waals surface area contributed by atoms with E-state index in [9.17, 15) is 28.8 Å². The minimum atomic E-state index is -1.01. The number of unbranched alkanes of at least 4 members (excludes halogenated alkanes) is 1. The number of likely N-dealkylation sites (tertiary alicyclic amines) is 1. The third kappa shape index (κ3) is 8.34. The van der Waals surface area contributed by atoms with Crippen molar-refractivity contribution in [3.8, 4) is 0 Å². The molecule has 50 heavy (non-hydrogen) atoms. The molecule has 274 valence electrons. The standard InChI is InChI=1S/C37H55N7O6/c1-7-8-14-24(29(45)34(49)40-22-15-16-22)41-33(48)28-26-23(37(26,5)6)20-44(28)35(50)30(36(2,3)4)43-32(47)27(21-12-10-9-11-13-21)42-31(46)25-19-38-17-18-39-25/h17-19,21-24,26-28,30H,7-16,20H2,1-6H3,(H,40,49)(H,41,48)(H,42,46)(H,43,47)/t23-,24?,26-,27-,28-,30+/m0/s1. The summed E-state index contributed by atoms with van der Waals surface area (Å²) in [4.78, 5) is 91.7. The third-order valence-corrected chi connectivity index (χ3v) is 11.3. The number of nitrogens with zero attached hydrogens (tertiary/aromatic N) is 3. The van der Waals surface area contributed by atoms with Crippen molar-refractivity contribution >= 4 is 35.3 Å². The molecule has 6 atom stereocenters. The van der Waals surface area contributed by atoms with Gasteiger partial charge in [-0.1, -0.05) is 73.6 Å². The number of carbonyl (C=O) groups is 6. The van der Waals surface area contributed by atoms with Gasteiger partial charge in [0.1, 0.15) is 23.8 Å². The summed E-state index contributed by atoms with van der Waals surface area (Å²) in [6, 6.07) is -3.75. The van der Waals surface area contributed by atoms with Crippen LogP contribution in [0, 0.1) is 28.6 Å². The van der Waals surface area contributed by atoms with Crippen LogP contribution in [-0.4, -0.2) is 86.9 Å². The zero-order valence-electron chi connectivity index (χ0n) is 30.4. The van der Waals surface area contributed by atoms with E-state index in [-0.39, 0.29) is 40.8 Å². The molecule has 1 aromatic rings. The number of carbonyl (C=O) groups excluding carboxylic acids is 6. The second-order valence-corrected chi connectivity index (χ2v) is 16.5. The highest BCUT2D eigenvalue weighted by atomic mass is 16.2. The maximum atomic E-state index is 14.6. The molecule has 4 aliphatic rings. The third-order valence-electron chi connectivity index (χ3n) is 11.3. The minimum Gasteiger partial charge on any atom is -0.347 e. The fourth-order valence-corrected chi connectivity index (χ4v) is 7.93. The Kier molecular flexibility index (Phi) is 11.3. The molecule has 1 aliphatic heterocycles. The van der Waals surface area contributed by atoms with Crippen LogP contribution in [0.1, 0.15) is 116 Å². The van der Waals surface area contributed by atoms with Gasteiger partial charge in [0.15, 0.2) is 0 Å². The van der Waals surface area contributed by atoms with Crippen molar-refractivity contribution in [2.24, 2.45) is 28.6 Å². The van der Waals surface area contributed by atoms with Crippen molar-refractivity contribution < 1.29 is 28.8 Å². The normalized spacial score (nSPS) is 24.6. The highest BCUT2D eigenvalue weighted by Gasteiger charge is 2.70. The van der Waals surface area contributed by atoms with Crippen molar-refractivity contribution in [1.82, 2.24) is 36.1 Å². The lowest BCUT2D eigenvalue weighted by molar-refractivity contribution is -0.147. The van der Waals surface area contributed by atoms with Crippen molar-refractivity contribution in [3.05, 3.63) is 24.3 Å². The lowest BCUT2D eigenvalue weighted by Gasteiger charge is -2.39. The van der Waals surface area contributed by atoms with Gasteiger partial charge in [0.2, 0.25) is 23.5 Å². The summed E-state index contributed by atoms with van der Waals surface area (Å²) in [6.45, 7) is 12.0. The smallest absolute Gasteiger partial charge is 0.289 e. The highest BCUT2D eigenvalue weighted by molar-refractivity contribution is 6.38. The van der Waals surface area contributed by atoms with Crippen LogP contribution in [0.3, 0.4) is 0 Å². The molecule has 2 heterocycles. The molecule has 1 saturated heterocycles. The van der Waals surface area contributed by atoms with Crippen molar-refractivity contribution in [3.63, 3.8) is 0 Å². The predicted molar refractivity (Wildman–Crippen MR) is 185 cm³/mol. The van der Waals surface area contributed by atoms with Crippen molar-refractivity contribution in [1.29, 1.82) is 0 Å². The number of fused-ring (bicyclic) bond motifs is 1. The van der Waals surface area contributed by atoms with E-state index in [4.69, 9.17) is 0 Å². The first-order chi connectivity index (χ1) is 23.6. The van der Waals surface area contributed by atoms with Gasteiger partial charge in [0.25, 0.3) is 11.8 Å². The van der Waals surface area contributed by atoms with E-state index in [1.807, 2.05) is 27.7 Å². The largest absolute Gasteiger partial charge is 0.347 e. The van der Waals surface area contributed by atoms with Crippen LogP contribution in [0.2, 0.25) is 0 Å². The molecule has 0 bridgehead atoms. The molecule has 0 spiro atoms. The lowest BCUT2D eigenvalue weighted by atomic mass is 9.82. The Bertz CT molecular complexity index is 1450. The quantitative estimate of drug-likeness (QED) is 0.215. The molecular weight excluding hydrogens is 638 g/mol. The van der Waals surface area contributed by atoms with Crippen molar-refractivity contribution in [2.75, 3.05) is 6.54 Å². The van der Waals surface area contributed by atoms with E-state index in [2.05, 4.69) is 45.1 Å². The minimum absolute atomic E-state index is 0.00697. The van der Waals surface area contributed by atoms with E-state index >= 15 is 0 Å². The Morgan fingerprint density at radius 2 is 1.66 bits per heavy atom. The fourth-order valence-electron chi connectivity index (χ4n) is 7.93. The van der Waals surface area contributed by atoms with Crippen molar-refractivity contribution in [2.45, 2.75) is 136 Å². The Morgan fingerprint density at radius 3 is 2.26 bits per heavy atom. The number of piperidine rings is 1. The lowest BCUT2D eigenvalue weighted by Crippen LogP contribution is -2.63. The number of aromatic nitrogens is 2. The van der Waals surface area contributed by atoms with E-state index in [0.717, 1.165) is 51.4 Å². The molecule has 5 rings (SSSR count). The summed E-state index contributed by atoms with van der Waals surface area (Å²) in [7, 11) is 0. The average Bonchev–Trinajstić information content (AvgIpc) is 3.94. The van der Waals surface area contributed by atoms with Crippen LogP contribution < -0.4 is 21.3 Å². The van der Waals surface area contributed by atoms with Gasteiger partial charge in [0, 0.05) is 25.0 Å². The Morgan fingerprint density at radius 1 is 0.960 bits per heavy atom. The first-order valence-corrected chi connectivity index (χ1v) is 18.5. The monoisotopic (exact) mass is 693 g/mol. The van der Waals surface area contributed by atoms with Gasteiger partial charge in [-0.2, -0.15) is 0 Å². The number of Topliss-reactive ketones (excluding diaryl/α,β-unsaturated/α-hetero) is 1. The van der Waals surface area contributed by atoms with Gasteiger partial charge in [-0.15, -0.1) is 0 Å². The summed E-state index contributed by atoms with van der Waals surface area (Å²) in [5.41, 5.74) is -0.844. The maximum absolute atomic E-state index is 14.6. The van der Waals surface area contributed by atoms with Crippen LogP contribution >= 0.6 is 0 Å². The van der Waals surface area contributed by atoms with E-state index < -0.39 is 59.0 Å². The first-order valence-electron chi connectivity index (χ1n) is 18.5. The highest BCUT2D eigenvalue weighted by Crippen LogP contribution is 2.65. The number of amides is 5. The molecule has 5 amide bonds. The average molecular weight is 694 g/mol. The molecule has 13 nitrogen and oxygen atoms in total. The molecule has 0 radical (unpaired) electrons. The van der Waals surface area contributed by atoms with Gasteiger partial charge in [-0.05, 0) is 60.7 Å². The summed E-state index contributed by atoms with van der Waals surface area (Å²) >= 11 is 0. The summed E-state index contributed by atoms with van der Waals surface area (Å²) in [6.07, 6.45) is 12.1. The molecule has 13 heteroatoms. The number of hydrogen-bond acceptors (Lipinski definition) is 8. The fraction of sp³-hybridized carbons (Fsp3) is 0.730. The zero-order chi connectivity index (χ0) is 36.4. The first kappa shape index (κ1) is 37.4. The zero-order valence-corrected chi connectivity index (χ0v) is 30.4. The molecular formula is C37H55N7O6. The Balaban J connectivity index is 1.36. The molecule has 0 aromatic carbocycles. The number of rotatable bonds is 14. The van der Waals surface area contributed by atoms with E-state index in [0.29, 0.717) is 19.4 Å². The summed E-state index contributed by atoms with van der Waals surface area (Å²) in [5.74, 6) is -3.35. The van der Waals surface area contributed by atoms with Crippen LogP contribution in [0.15, 0.2) is 18.6 Å². The molecule has 4 N–H and O–H groups in total. The SMILES string of the molecule is CCCCC(NC(=O)[C@@H]1[C@@H]2[C@H](CN1C(=O)[C@@H](NC(=O)[C@@H](NC(=O)c1cnccn1)C1CCCCC1)C(C)(C)C)C2(C)C)C(=O)C(=O)NC1CC1. The van der Waals surface area contributed by atoms with Crippen LogP contribution in [0.5, 0.6) is 0 Å². The topological polar surface area (TPSA) is 180 Å². The molecule has 3 aliphatic carbocycles. The van der Waals surface area contributed by atoms with Gasteiger partial charge < -0.3 is 26.2 Å². The van der Waals surface area contributed by atoms with Gasteiger partial charge in [0.05, 0.1) is 12.2 Å². The predicted octanol–water partition coefficient (Wildman–Crippen LogP) is 2.69. The molecule has 3 saturated carbocycles. The number of ketones is 1. The molecule has 1 aromatic heterocycles. The van der Waals surface area contributed by atoms with Gasteiger partial charge in [-0.3, -0.25) is 33.8 Å². The number of hydrogen-bond donors (Lipinski definition) is 4. The molecule has 1 unspecified atom stereocenters. The van der Waals surface area contributed by atoms with Crippen LogP contribution in [-0.2, 0) is 24.0 Å². The molecule has 4 fully saturated rings. The van der Waals surface area contributed by atoms with Gasteiger partial charge >= 0.3 is 0 Å². The summed E-state index contributed by atoms with van der Waals surface area (Å²) in [5, 5.41) is 11.5. The van der Waals surface area contributed by atoms with E-state index in [1.54, 1.807) is 4.90 Å². The number of nitrogens with one attached hydrogen (secondary N) is 4. The van der Waals surface area contributed by atoms with Crippen LogP contribution in [0.25, 0.3) is 0 Å².